The number of fused-ring (bicyclic) bond motifs is 6. The third-order valence-corrected chi connectivity index (χ3v) is 10.6. The first-order chi connectivity index (χ1) is 27.8. The lowest BCUT2D eigenvalue weighted by atomic mass is 10.1. The molecule has 0 spiro atoms. The Hall–Kier alpha value is -7.70. The van der Waals surface area contributed by atoms with E-state index in [9.17, 15) is 0 Å². The smallest absolute Gasteiger partial charge is 0.138 e. The molecule has 6 nitrogen and oxygen atoms in total. The molecule has 6 aromatic heterocycles. The largest absolute Gasteiger partial charge is 0.294 e. The molecule has 6 heterocycles. The van der Waals surface area contributed by atoms with Crippen molar-refractivity contribution in [2.75, 3.05) is 0 Å². The van der Waals surface area contributed by atoms with E-state index in [2.05, 4.69) is 118 Å². The van der Waals surface area contributed by atoms with Gasteiger partial charge in [-0.3, -0.25) is 9.13 Å². The molecule has 6 heteroatoms. The molecule has 0 aliphatic rings. The Balaban J connectivity index is 1.10. The summed E-state index contributed by atoms with van der Waals surface area (Å²) in [6, 6.07) is 67.0. The van der Waals surface area contributed by atoms with E-state index in [0.717, 1.165) is 89.8 Å². The van der Waals surface area contributed by atoms with E-state index in [4.69, 9.17) is 19.9 Å². The van der Waals surface area contributed by atoms with Crippen LogP contribution in [-0.2, 0) is 0 Å². The van der Waals surface area contributed by atoms with Crippen LogP contribution in [0.15, 0.2) is 194 Å². The third kappa shape index (κ3) is 5.27. The lowest BCUT2D eigenvalue weighted by Gasteiger charge is -2.11. The van der Waals surface area contributed by atoms with E-state index in [1.54, 1.807) is 0 Å². The van der Waals surface area contributed by atoms with Crippen molar-refractivity contribution in [2.24, 2.45) is 0 Å². The zero-order chi connectivity index (χ0) is 37.0. The summed E-state index contributed by atoms with van der Waals surface area (Å²) in [5, 5.41) is 4.66. The molecule has 0 amide bonds. The lowest BCUT2D eigenvalue weighted by molar-refractivity contribution is 1.07. The van der Waals surface area contributed by atoms with E-state index in [1.165, 1.54) is 10.8 Å². The third-order valence-electron chi connectivity index (χ3n) is 10.6. The number of rotatable bonds is 6. The van der Waals surface area contributed by atoms with Gasteiger partial charge in [0.1, 0.15) is 11.6 Å². The van der Waals surface area contributed by atoms with Gasteiger partial charge in [-0.2, -0.15) is 0 Å². The van der Waals surface area contributed by atoms with Crippen molar-refractivity contribution in [3.63, 3.8) is 0 Å². The Morgan fingerprint density at radius 1 is 0.250 bits per heavy atom. The molecule has 0 saturated heterocycles. The molecule has 0 atom stereocenters. The van der Waals surface area contributed by atoms with Gasteiger partial charge in [0.15, 0.2) is 0 Å². The van der Waals surface area contributed by atoms with Crippen LogP contribution in [0.4, 0.5) is 0 Å². The van der Waals surface area contributed by atoms with Crippen molar-refractivity contribution in [1.29, 1.82) is 0 Å². The first-order valence-electron chi connectivity index (χ1n) is 18.7. The summed E-state index contributed by atoms with van der Waals surface area (Å²) in [4.78, 5) is 20.6. The normalized spacial score (nSPS) is 11.6. The summed E-state index contributed by atoms with van der Waals surface area (Å²) in [6.07, 6.45) is 0. The molecule has 0 aliphatic carbocycles. The van der Waals surface area contributed by atoms with Crippen LogP contribution in [0.25, 0.3) is 101 Å². The molecule has 0 bridgehead atoms. The van der Waals surface area contributed by atoms with Gasteiger partial charge in [-0.25, -0.2) is 19.9 Å². The van der Waals surface area contributed by atoms with Crippen molar-refractivity contribution in [3.8, 4) is 56.9 Å². The van der Waals surface area contributed by atoms with Crippen molar-refractivity contribution in [1.82, 2.24) is 29.1 Å². The fraction of sp³-hybridized carbons (Fsp3) is 0. The highest BCUT2D eigenvalue weighted by molar-refractivity contribution is 6.19. The highest BCUT2D eigenvalue weighted by Gasteiger charge is 2.20. The standard InChI is InChI=1S/C50H32N6/c1-3-15-33(16-4-1)39-21-11-23-41(51-39)43-25-13-29-49(53-43)55-45-27-9-7-19-35(45)37-31-38-36-20-8-10-28-46(36)56(48(38)32-47(37)55)50-30-14-26-44(54-50)42-24-12-22-40(52-42)34-17-5-2-6-18-34/h1-32H. The van der Waals surface area contributed by atoms with Gasteiger partial charge in [0.05, 0.1) is 56.2 Å². The second-order valence-electron chi connectivity index (χ2n) is 13.9. The molecule has 56 heavy (non-hydrogen) atoms. The van der Waals surface area contributed by atoms with Crippen molar-refractivity contribution < 1.29 is 0 Å². The molecule has 0 aliphatic heterocycles. The summed E-state index contributed by atoms with van der Waals surface area (Å²) in [5.74, 6) is 1.65. The summed E-state index contributed by atoms with van der Waals surface area (Å²) >= 11 is 0. The van der Waals surface area contributed by atoms with Gasteiger partial charge in [-0.05, 0) is 72.8 Å². The average molecular weight is 717 g/mol. The topological polar surface area (TPSA) is 61.4 Å². The average Bonchev–Trinajstić information content (AvgIpc) is 3.78. The molecule has 0 fully saturated rings. The maximum atomic E-state index is 5.27. The predicted molar refractivity (Wildman–Crippen MR) is 228 cm³/mol. The quantitative estimate of drug-likeness (QED) is 0.172. The molecule has 262 valence electrons. The van der Waals surface area contributed by atoms with Crippen LogP contribution >= 0.6 is 0 Å². The fourth-order valence-electron chi connectivity index (χ4n) is 8.00. The van der Waals surface area contributed by atoms with Crippen LogP contribution < -0.4 is 0 Å². The molecule has 0 radical (unpaired) electrons. The first-order valence-corrected chi connectivity index (χ1v) is 18.7. The second kappa shape index (κ2) is 13.0. The summed E-state index contributed by atoms with van der Waals surface area (Å²) in [7, 11) is 0. The zero-order valence-electron chi connectivity index (χ0n) is 30.2. The fourth-order valence-corrected chi connectivity index (χ4v) is 8.00. The van der Waals surface area contributed by atoms with Crippen molar-refractivity contribution in [3.05, 3.63) is 194 Å². The number of pyridine rings is 4. The minimum atomic E-state index is 0.812. The maximum absolute atomic E-state index is 5.27. The summed E-state index contributed by atoms with van der Waals surface area (Å²) in [5.41, 5.74) is 11.6. The van der Waals surface area contributed by atoms with Gasteiger partial charge in [-0.15, -0.1) is 0 Å². The number of aromatic nitrogens is 6. The van der Waals surface area contributed by atoms with E-state index < -0.39 is 0 Å². The molecule has 0 saturated carbocycles. The highest BCUT2D eigenvalue weighted by Crippen LogP contribution is 2.39. The van der Waals surface area contributed by atoms with Gasteiger partial charge < -0.3 is 0 Å². The molecule has 0 N–H and O–H groups in total. The minimum absolute atomic E-state index is 0.812. The van der Waals surface area contributed by atoms with Gasteiger partial charge in [0, 0.05) is 32.7 Å². The second-order valence-corrected chi connectivity index (χ2v) is 13.9. The molecular formula is C50H32N6. The number of nitrogens with zero attached hydrogens (tertiary/aromatic N) is 6. The van der Waals surface area contributed by atoms with Crippen molar-refractivity contribution >= 4 is 43.6 Å². The molecule has 0 unspecified atom stereocenters. The zero-order valence-corrected chi connectivity index (χ0v) is 30.2. The van der Waals surface area contributed by atoms with E-state index in [1.807, 2.05) is 84.9 Å². The molecule has 5 aromatic carbocycles. The molecular weight excluding hydrogens is 685 g/mol. The highest BCUT2D eigenvalue weighted by atomic mass is 15.1. The van der Waals surface area contributed by atoms with Crippen LogP contribution in [0, 0.1) is 0 Å². The maximum Gasteiger partial charge on any atom is 0.138 e. The number of hydrogen-bond acceptors (Lipinski definition) is 4. The Bertz CT molecular complexity index is 3040. The van der Waals surface area contributed by atoms with Crippen LogP contribution in [-0.4, -0.2) is 29.1 Å². The number of hydrogen-bond donors (Lipinski definition) is 0. The van der Waals surface area contributed by atoms with Crippen molar-refractivity contribution in [2.45, 2.75) is 0 Å². The van der Waals surface area contributed by atoms with E-state index in [-0.39, 0.29) is 0 Å². The Labute approximate surface area is 322 Å². The SMILES string of the molecule is c1ccc(-c2cccc(-c3cccc(-n4c5ccccc5c5cc6c7ccccc7n(-c7cccc(-c8cccc(-c9ccccc9)n8)n7)c6cc54)n3)n2)cc1. The van der Waals surface area contributed by atoms with Gasteiger partial charge in [0.25, 0.3) is 0 Å². The Morgan fingerprint density at radius 3 is 1.09 bits per heavy atom. The van der Waals surface area contributed by atoms with Gasteiger partial charge in [-0.1, -0.05) is 121 Å². The Morgan fingerprint density at radius 2 is 0.625 bits per heavy atom. The Kier molecular flexibility index (Phi) is 7.38. The molecule has 11 aromatic rings. The monoisotopic (exact) mass is 716 g/mol. The summed E-state index contributed by atoms with van der Waals surface area (Å²) in [6.45, 7) is 0. The van der Waals surface area contributed by atoms with Crippen LogP contribution in [0.1, 0.15) is 0 Å². The van der Waals surface area contributed by atoms with Gasteiger partial charge >= 0.3 is 0 Å². The van der Waals surface area contributed by atoms with Gasteiger partial charge in [0.2, 0.25) is 0 Å². The first kappa shape index (κ1) is 31.8. The van der Waals surface area contributed by atoms with Crippen LogP contribution in [0.5, 0.6) is 0 Å². The number of benzene rings is 5. The lowest BCUT2D eigenvalue weighted by Crippen LogP contribution is -2.01. The summed E-state index contributed by atoms with van der Waals surface area (Å²) < 4.78 is 4.55. The molecule has 11 rings (SSSR count). The van der Waals surface area contributed by atoms with Crippen LogP contribution in [0.3, 0.4) is 0 Å². The predicted octanol–water partition coefficient (Wildman–Crippen LogP) is 12.1. The van der Waals surface area contributed by atoms with E-state index in [0.29, 0.717) is 0 Å². The number of para-hydroxylation sites is 2. The minimum Gasteiger partial charge on any atom is -0.294 e. The van der Waals surface area contributed by atoms with Crippen LogP contribution in [0.2, 0.25) is 0 Å². The van der Waals surface area contributed by atoms with E-state index >= 15 is 0 Å².